The molecule has 0 aliphatic heterocycles. The van der Waals surface area contributed by atoms with Crippen LogP contribution in [0, 0.1) is 5.92 Å². The van der Waals surface area contributed by atoms with E-state index in [9.17, 15) is 29.4 Å². The van der Waals surface area contributed by atoms with E-state index in [1.54, 1.807) is 6.20 Å². The number of benzene rings is 1. The highest BCUT2D eigenvalue weighted by Crippen LogP contribution is 2.19. The highest BCUT2D eigenvalue weighted by Gasteiger charge is 2.26. The maximum Gasteiger partial charge on any atom is 0.326 e. The molecule has 10 heteroatoms. The van der Waals surface area contributed by atoms with Gasteiger partial charge in [0.2, 0.25) is 11.8 Å². The van der Waals surface area contributed by atoms with Crippen LogP contribution < -0.4 is 16.4 Å². The number of fused-ring (bicyclic) bond motifs is 1. The molecular weight excluding hydrogens is 416 g/mol. The van der Waals surface area contributed by atoms with Gasteiger partial charge in [-0.3, -0.25) is 9.59 Å². The summed E-state index contributed by atoms with van der Waals surface area (Å²) in [5, 5.41) is 24.5. The lowest BCUT2D eigenvalue weighted by atomic mass is 10.0. The van der Waals surface area contributed by atoms with Crippen LogP contribution in [-0.4, -0.2) is 57.1 Å². The zero-order valence-electron chi connectivity index (χ0n) is 18.1. The number of amides is 2. The summed E-state index contributed by atoms with van der Waals surface area (Å²) in [5.41, 5.74) is 7.37. The van der Waals surface area contributed by atoms with Gasteiger partial charge in [-0.05, 0) is 30.4 Å². The third-order valence-corrected chi connectivity index (χ3v) is 5.07. The van der Waals surface area contributed by atoms with Gasteiger partial charge in [-0.25, -0.2) is 9.59 Å². The van der Waals surface area contributed by atoms with Gasteiger partial charge in [0.05, 0.1) is 6.04 Å². The molecule has 174 valence electrons. The van der Waals surface area contributed by atoms with Crippen molar-refractivity contribution < 1.29 is 29.4 Å². The monoisotopic (exact) mass is 446 g/mol. The Morgan fingerprint density at radius 2 is 1.69 bits per heavy atom. The number of H-pyrrole nitrogens is 1. The van der Waals surface area contributed by atoms with Crippen molar-refractivity contribution in [3.05, 3.63) is 36.0 Å². The van der Waals surface area contributed by atoms with Crippen LogP contribution in [0.15, 0.2) is 30.5 Å². The fourth-order valence-corrected chi connectivity index (χ4v) is 3.41. The minimum atomic E-state index is -1.30. The van der Waals surface area contributed by atoms with E-state index in [4.69, 9.17) is 5.73 Å². The Kier molecular flexibility index (Phi) is 8.77. The van der Waals surface area contributed by atoms with Crippen LogP contribution >= 0.6 is 0 Å². The fraction of sp³-hybridized carbons (Fsp3) is 0.455. The summed E-state index contributed by atoms with van der Waals surface area (Å²) in [4.78, 5) is 50.6. The van der Waals surface area contributed by atoms with E-state index in [0.29, 0.717) is 6.42 Å². The van der Waals surface area contributed by atoms with Crippen LogP contribution in [0.3, 0.4) is 0 Å². The van der Waals surface area contributed by atoms with Crippen molar-refractivity contribution in [2.24, 2.45) is 11.7 Å². The Morgan fingerprint density at radius 1 is 1.03 bits per heavy atom. The number of carboxylic acids is 2. The Balaban J connectivity index is 1.94. The van der Waals surface area contributed by atoms with E-state index in [-0.39, 0.29) is 25.2 Å². The molecule has 0 aliphatic carbocycles. The Hall–Kier alpha value is -3.40. The molecule has 0 saturated carbocycles. The first-order chi connectivity index (χ1) is 15.1. The number of carboxylic acid groups (broad SMARTS) is 2. The number of aromatic nitrogens is 1. The number of carbonyl (C=O) groups is 4. The molecular formula is C22H30N4O6. The van der Waals surface area contributed by atoms with E-state index in [0.717, 1.165) is 16.5 Å². The predicted molar refractivity (Wildman–Crippen MR) is 118 cm³/mol. The first-order valence-corrected chi connectivity index (χ1v) is 10.4. The molecule has 0 saturated heterocycles. The third-order valence-electron chi connectivity index (χ3n) is 5.07. The second-order valence-electron chi connectivity index (χ2n) is 8.20. The molecule has 2 amide bonds. The fourth-order valence-electron chi connectivity index (χ4n) is 3.41. The minimum absolute atomic E-state index is 0.0637. The molecule has 0 radical (unpaired) electrons. The van der Waals surface area contributed by atoms with E-state index in [2.05, 4.69) is 15.6 Å². The van der Waals surface area contributed by atoms with Crippen molar-refractivity contribution >= 4 is 34.7 Å². The Labute approximate surface area is 185 Å². The molecule has 1 aromatic heterocycles. The molecule has 0 fully saturated rings. The van der Waals surface area contributed by atoms with Crippen LogP contribution in [0.4, 0.5) is 0 Å². The van der Waals surface area contributed by atoms with Gasteiger partial charge in [0.1, 0.15) is 12.1 Å². The first-order valence-electron chi connectivity index (χ1n) is 10.4. The van der Waals surface area contributed by atoms with Crippen molar-refractivity contribution in [1.82, 2.24) is 15.6 Å². The van der Waals surface area contributed by atoms with Gasteiger partial charge in [-0.2, -0.15) is 0 Å². The lowest BCUT2D eigenvalue weighted by Gasteiger charge is -2.19. The molecule has 0 aliphatic rings. The van der Waals surface area contributed by atoms with Gasteiger partial charge in [0.25, 0.3) is 0 Å². The van der Waals surface area contributed by atoms with E-state index >= 15 is 0 Å². The molecule has 1 aromatic carbocycles. The van der Waals surface area contributed by atoms with Gasteiger partial charge < -0.3 is 31.6 Å². The molecule has 3 atom stereocenters. The summed E-state index contributed by atoms with van der Waals surface area (Å²) in [6.45, 7) is 3.78. The first kappa shape index (κ1) is 24.9. The second kappa shape index (κ2) is 11.3. The molecule has 2 aromatic rings. The van der Waals surface area contributed by atoms with Crippen molar-refractivity contribution in [2.75, 3.05) is 0 Å². The molecule has 2 rings (SSSR count). The average molecular weight is 447 g/mol. The summed E-state index contributed by atoms with van der Waals surface area (Å²) < 4.78 is 0. The molecule has 1 unspecified atom stereocenters. The SMILES string of the molecule is CC(C)C[C@H](N)C(=O)NC(CCC(=O)N[C@@H](Cc1c[nH]c2ccccc12)C(=O)O)C(=O)O. The number of hydrogen-bond donors (Lipinski definition) is 6. The number of nitrogens with two attached hydrogens (primary N) is 1. The van der Waals surface area contributed by atoms with Gasteiger partial charge in [-0.1, -0.05) is 32.0 Å². The van der Waals surface area contributed by atoms with Crippen LogP contribution in [0.5, 0.6) is 0 Å². The van der Waals surface area contributed by atoms with Crippen molar-refractivity contribution in [3.63, 3.8) is 0 Å². The number of hydrogen-bond acceptors (Lipinski definition) is 5. The summed E-state index contributed by atoms with van der Waals surface area (Å²) in [6, 6.07) is 4.07. The second-order valence-corrected chi connectivity index (χ2v) is 8.20. The zero-order valence-corrected chi connectivity index (χ0v) is 18.1. The van der Waals surface area contributed by atoms with E-state index < -0.39 is 41.9 Å². The molecule has 0 bridgehead atoms. The molecule has 7 N–H and O–H groups in total. The number of rotatable bonds is 12. The smallest absolute Gasteiger partial charge is 0.326 e. The summed E-state index contributed by atoms with van der Waals surface area (Å²) >= 11 is 0. The molecule has 0 spiro atoms. The predicted octanol–water partition coefficient (Wildman–Crippen LogP) is 1.00. The number of para-hydroxylation sites is 1. The van der Waals surface area contributed by atoms with E-state index in [1.165, 1.54) is 0 Å². The van der Waals surface area contributed by atoms with Crippen LogP contribution in [0.1, 0.15) is 38.7 Å². The summed E-state index contributed by atoms with van der Waals surface area (Å²) in [7, 11) is 0. The molecule has 10 nitrogen and oxygen atoms in total. The molecule has 1 heterocycles. The number of nitrogens with one attached hydrogen (secondary N) is 3. The highest BCUT2D eigenvalue weighted by atomic mass is 16.4. The van der Waals surface area contributed by atoms with Gasteiger partial charge >= 0.3 is 11.9 Å². The van der Waals surface area contributed by atoms with Crippen LogP contribution in [0.2, 0.25) is 0 Å². The zero-order chi connectivity index (χ0) is 23.8. The van der Waals surface area contributed by atoms with Crippen LogP contribution in [0.25, 0.3) is 10.9 Å². The summed E-state index contributed by atoms with van der Waals surface area (Å²) in [6.07, 6.45) is 1.69. The number of carbonyl (C=O) groups excluding carboxylic acids is 2. The minimum Gasteiger partial charge on any atom is -0.480 e. The lowest BCUT2D eigenvalue weighted by molar-refractivity contribution is -0.143. The highest BCUT2D eigenvalue weighted by molar-refractivity contribution is 5.88. The van der Waals surface area contributed by atoms with E-state index in [1.807, 2.05) is 38.1 Å². The number of aliphatic carboxylic acids is 2. The van der Waals surface area contributed by atoms with Gasteiger partial charge in [0.15, 0.2) is 0 Å². The topological polar surface area (TPSA) is 175 Å². The standard InChI is InChI=1S/C22H30N4O6/c1-12(2)9-15(23)20(28)26-17(21(29)30)7-8-19(27)25-18(22(31)32)10-13-11-24-16-6-4-3-5-14(13)16/h3-6,11-12,15,17-18,24H,7-10,23H2,1-2H3,(H,25,27)(H,26,28)(H,29,30)(H,31,32)/t15-,17?,18-/m0/s1. The van der Waals surface area contributed by atoms with Gasteiger partial charge in [0, 0.05) is 29.9 Å². The maximum atomic E-state index is 12.3. The Morgan fingerprint density at radius 3 is 2.31 bits per heavy atom. The third kappa shape index (κ3) is 7.09. The summed E-state index contributed by atoms with van der Waals surface area (Å²) in [5.74, 6) is -3.56. The van der Waals surface area contributed by atoms with Crippen molar-refractivity contribution in [1.29, 1.82) is 0 Å². The van der Waals surface area contributed by atoms with Crippen LogP contribution in [-0.2, 0) is 25.6 Å². The largest absolute Gasteiger partial charge is 0.480 e. The maximum absolute atomic E-state index is 12.3. The van der Waals surface area contributed by atoms with Crippen molar-refractivity contribution in [3.8, 4) is 0 Å². The van der Waals surface area contributed by atoms with Gasteiger partial charge in [-0.15, -0.1) is 0 Å². The quantitative estimate of drug-likeness (QED) is 0.282. The average Bonchev–Trinajstić information content (AvgIpc) is 3.12. The Bertz CT molecular complexity index is 970. The molecule has 32 heavy (non-hydrogen) atoms. The normalized spacial score (nSPS) is 14.0. The van der Waals surface area contributed by atoms with Crippen molar-refractivity contribution in [2.45, 2.75) is 57.7 Å². The lowest BCUT2D eigenvalue weighted by Crippen LogP contribution is -2.49. The number of aromatic amines is 1.